The van der Waals surface area contributed by atoms with E-state index in [1.54, 1.807) is 18.3 Å². The second-order valence-electron chi connectivity index (χ2n) is 5.28. The van der Waals surface area contributed by atoms with Gasteiger partial charge >= 0.3 is 0 Å². The maximum absolute atomic E-state index is 12.5. The molecule has 4 nitrogen and oxygen atoms in total. The third-order valence-corrected chi connectivity index (χ3v) is 4.42. The summed E-state index contributed by atoms with van der Waals surface area (Å²) in [6.45, 7) is 3.78. The molecule has 1 aromatic rings. The van der Waals surface area contributed by atoms with Gasteiger partial charge in [-0.05, 0) is 31.5 Å². The summed E-state index contributed by atoms with van der Waals surface area (Å²) < 4.78 is 0. The van der Waals surface area contributed by atoms with E-state index in [0.29, 0.717) is 16.8 Å². The topological polar surface area (TPSA) is 36.4 Å². The van der Waals surface area contributed by atoms with Gasteiger partial charge in [0.25, 0.3) is 5.91 Å². The standard InChI is InChI=1S/C14H18ClN3O/c15-13-12(5-3-6-16-13)14(19)18-9-8-17-7-2-1-4-11(17)10-18/h3,5-6,11H,1-2,4,7-10H2. The number of nitrogens with zero attached hydrogens (tertiary/aromatic N) is 3. The highest BCUT2D eigenvalue weighted by molar-refractivity contribution is 6.32. The number of amides is 1. The Balaban J connectivity index is 1.73. The van der Waals surface area contributed by atoms with E-state index < -0.39 is 0 Å². The van der Waals surface area contributed by atoms with Crippen molar-refractivity contribution in [1.82, 2.24) is 14.8 Å². The van der Waals surface area contributed by atoms with E-state index in [2.05, 4.69) is 9.88 Å². The molecule has 0 aromatic carbocycles. The molecule has 1 unspecified atom stereocenters. The molecule has 5 heteroatoms. The number of aromatic nitrogens is 1. The van der Waals surface area contributed by atoms with Crippen molar-refractivity contribution in [3.63, 3.8) is 0 Å². The van der Waals surface area contributed by atoms with Crippen LogP contribution in [0.3, 0.4) is 0 Å². The molecule has 102 valence electrons. The van der Waals surface area contributed by atoms with Gasteiger partial charge in [0, 0.05) is 31.9 Å². The van der Waals surface area contributed by atoms with E-state index in [1.807, 2.05) is 4.90 Å². The van der Waals surface area contributed by atoms with Crippen LogP contribution >= 0.6 is 11.6 Å². The zero-order valence-corrected chi connectivity index (χ0v) is 11.6. The molecule has 19 heavy (non-hydrogen) atoms. The van der Waals surface area contributed by atoms with Gasteiger partial charge in [-0.3, -0.25) is 9.69 Å². The Morgan fingerprint density at radius 2 is 2.21 bits per heavy atom. The molecule has 0 saturated carbocycles. The van der Waals surface area contributed by atoms with Gasteiger partial charge in [0.1, 0.15) is 5.15 Å². The van der Waals surface area contributed by atoms with Crippen LogP contribution in [0.25, 0.3) is 0 Å². The Hall–Kier alpha value is -1.13. The smallest absolute Gasteiger partial charge is 0.257 e. The maximum atomic E-state index is 12.5. The zero-order valence-electron chi connectivity index (χ0n) is 10.9. The van der Waals surface area contributed by atoms with Gasteiger partial charge < -0.3 is 4.90 Å². The van der Waals surface area contributed by atoms with Crippen molar-refractivity contribution in [3.8, 4) is 0 Å². The first-order valence-electron chi connectivity index (χ1n) is 6.89. The molecule has 1 aromatic heterocycles. The fourth-order valence-corrected chi connectivity index (χ4v) is 3.26. The largest absolute Gasteiger partial charge is 0.336 e. The van der Waals surface area contributed by atoms with Gasteiger partial charge in [0.05, 0.1) is 5.56 Å². The zero-order chi connectivity index (χ0) is 13.2. The number of halogens is 1. The molecule has 1 amide bonds. The minimum absolute atomic E-state index is 0.0170. The minimum Gasteiger partial charge on any atom is -0.336 e. The number of pyridine rings is 1. The number of fused-ring (bicyclic) bond motifs is 1. The Kier molecular flexibility index (Phi) is 3.71. The van der Waals surface area contributed by atoms with Gasteiger partial charge in [-0.25, -0.2) is 4.98 Å². The fraction of sp³-hybridized carbons (Fsp3) is 0.571. The first kappa shape index (κ1) is 12.9. The molecule has 1 atom stereocenters. The third kappa shape index (κ3) is 2.60. The molecule has 2 aliphatic heterocycles. The van der Waals surface area contributed by atoms with Crippen LogP contribution in [0.2, 0.25) is 5.15 Å². The molecule has 0 radical (unpaired) electrons. The Bertz CT molecular complexity index is 480. The number of hydrogen-bond donors (Lipinski definition) is 0. The molecule has 0 spiro atoms. The Morgan fingerprint density at radius 1 is 1.32 bits per heavy atom. The van der Waals surface area contributed by atoms with E-state index in [1.165, 1.54) is 25.8 Å². The summed E-state index contributed by atoms with van der Waals surface area (Å²) in [5.74, 6) is 0.0170. The first-order valence-corrected chi connectivity index (χ1v) is 7.27. The molecule has 0 N–H and O–H groups in total. The van der Waals surface area contributed by atoms with Gasteiger partial charge in [-0.1, -0.05) is 18.0 Å². The summed E-state index contributed by atoms with van der Waals surface area (Å²) in [5, 5.41) is 0.304. The highest BCUT2D eigenvalue weighted by Gasteiger charge is 2.31. The molecule has 0 aliphatic carbocycles. The predicted molar refractivity (Wildman–Crippen MR) is 74.4 cm³/mol. The molecule has 3 heterocycles. The molecule has 0 bridgehead atoms. The SMILES string of the molecule is O=C(c1cccnc1Cl)N1CCN2CCCCC2C1. The highest BCUT2D eigenvalue weighted by Crippen LogP contribution is 2.23. The van der Waals surface area contributed by atoms with Crippen LogP contribution in [0, 0.1) is 0 Å². The monoisotopic (exact) mass is 279 g/mol. The van der Waals surface area contributed by atoms with E-state index in [4.69, 9.17) is 11.6 Å². The summed E-state index contributed by atoms with van der Waals surface area (Å²) in [7, 11) is 0. The number of hydrogen-bond acceptors (Lipinski definition) is 3. The lowest BCUT2D eigenvalue weighted by atomic mass is 9.99. The minimum atomic E-state index is 0.0170. The van der Waals surface area contributed by atoms with Crippen molar-refractivity contribution < 1.29 is 4.79 Å². The number of piperazine rings is 1. The lowest BCUT2D eigenvalue weighted by molar-refractivity contribution is 0.0372. The molecular formula is C14H18ClN3O. The fourth-order valence-electron chi connectivity index (χ4n) is 3.06. The molecule has 2 aliphatic rings. The molecule has 3 rings (SSSR count). The van der Waals surface area contributed by atoms with Crippen LogP contribution in [0.5, 0.6) is 0 Å². The summed E-state index contributed by atoms with van der Waals surface area (Å²) in [6, 6.07) is 4.04. The average molecular weight is 280 g/mol. The number of carbonyl (C=O) groups is 1. The van der Waals surface area contributed by atoms with Crippen molar-refractivity contribution in [2.45, 2.75) is 25.3 Å². The van der Waals surface area contributed by atoms with E-state index in [0.717, 1.165) is 19.6 Å². The van der Waals surface area contributed by atoms with E-state index >= 15 is 0 Å². The van der Waals surface area contributed by atoms with Crippen LogP contribution < -0.4 is 0 Å². The van der Waals surface area contributed by atoms with Crippen molar-refractivity contribution >= 4 is 17.5 Å². The number of carbonyl (C=O) groups excluding carboxylic acids is 1. The van der Waals surface area contributed by atoms with Crippen LogP contribution in [0.1, 0.15) is 29.6 Å². The molecule has 2 saturated heterocycles. The lowest BCUT2D eigenvalue weighted by Crippen LogP contribution is -2.56. The van der Waals surface area contributed by atoms with E-state index in [9.17, 15) is 4.79 Å². The van der Waals surface area contributed by atoms with Gasteiger partial charge in [-0.2, -0.15) is 0 Å². The summed E-state index contributed by atoms with van der Waals surface area (Å²) in [6.07, 6.45) is 5.37. The van der Waals surface area contributed by atoms with Gasteiger partial charge in [-0.15, -0.1) is 0 Å². The van der Waals surface area contributed by atoms with Crippen molar-refractivity contribution in [3.05, 3.63) is 29.0 Å². The average Bonchev–Trinajstić information content (AvgIpc) is 2.46. The Labute approximate surface area is 118 Å². The second-order valence-corrected chi connectivity index (χ2v) is 5.64. The van der Waals surface area contributed by atoms with Crippen molar-refractivity contribution in [2.24, 2.45) is 0 Å². The molecular weight excluding hydrogens is 262 g/mol. The maximum Gasteiger partial charge on any atom is 0.257 e. The summed E-state index contributed by atoms with van der Waals surface area (Å²) in [5.41, 5.74) is 0.522. The predicted octanol–water partition coefficient (Wildman–Crippen LogP) is 2.05. The first-order chi connectivity index (χ1) is 9.25. The molecule has 2 fully saturated rings. The number of piperidine rings is 1. The second kappa shape index (κ2) is 5.47. The summed E-state index contributed by atoms with van der Waals surface area (Å²) in [4.78, 5) is 20.9. The van der Waals surface area contributed by atoms with Crippen LogP contribution in [-0.4, -0.2) is 52.9 Å². The van der Waals surface area contributed by atoms with Crippen molar-refractivity contribution in [2.75, 3.05) is 26.2 Å². The van der Waals surface area contributed by atoms with Gasteiger partial charge in [0.2, 0.25) is 0 Å². The van der Waals surface area contributed by atoms with E-state index in [-0.39, 0.29) is 5.91 Å². The van der Waals surface area contributed by atoms with Crippen molar-refractivity contribution in [1.29, 1.82) is 0 Å². The summed E-state index contributed by atoms with van der Waals surface area (Å²) >= 11 is 6.01. The van der Waals surface area contributed by atoms with Crippen LogP contribution in [-0.2, 0) is 0 Å². The highest BCUT2D eigenvalue weighted by atomic mass is 35.5. The third-order valence-electron chi connectivity index (χ3n) is 4.11. The lowest BCUT2D eigenvalue weighted by Gasteiger charge is -2.44. The Morgan fingerprint density at radius 3 is 3.05 bits per heavy atom. The van der Waals surface area contributed by atoms with Crippen LogP contribution in [0.15, 0.2) is 18.3 Å². The normalized spacial score (nSPS) is 24.1. The van der Waals surface area contributed by atoms with Gasteiger partial charge in [0.15, 0.2) is 0 Å². The van der Waals surface area contributed by atoms with Crippen LogP contribution in [0.4, 0.5) is 0 Å². The quantitative estimate of drug-likeness (QED) is 0.738. The number of rotatable bonds is 1.